The SMILES string of the molecule is COc1ncc(N2CCOc3ccc(OC4CCN(C(=O)c5ccc(=O)[nH]c5)C4)cc32)cc1C#N. The van der Waals surface area contributed by atoms with Crippen molar-refractivity contribution in [1.29, 1.82) is 5.26 Å². The number of aromatic nitrogens is 2. The molecule has 178 valence electrons. The van der Waals surface area contributed by atoms with Crippen LogP contribution in [0.5, 0.6) is 17.4 Å². The minimum Gasteiger partial charge on any atom is -0.490 e. The van der Waals surface area contributed by atoms with Crippen LogP contribution in [0.1, 0.15) is 22.3 Å². The van der Waals surface area contributed by atoms with Crippen molar-refractivity contribution in [2.24, 2.45) is 0 Å². The second-order valence-corrected chi connectivity index (χ2v) is 8.21. The first-order chi connectivity index (χ1) is 17.1. The van der Waals surface area contributed by atoms with Gasteiger partial charge in [-0.25, -0.2) is 4.98 Å². The van der Waals surface area contributed by atoms with E-state index in [0.717, 1.165) is 11.4 Å². The van der Waals surface area contributed by atoms with E-state index in [1.807, 2.05) is 23.1 Å². The predicted molar refractivity (Wildman–Crippen MR) is 126 cm³/mol. The summed E-state index contributed by atoms with van der Waals surface area (Å²) in [7, 11) is 1.48. The Bertz CT molecular complexity index is 1340. The van der Waals surface area contributed by atoms with Crippen molar-refractivity contribution in [3.05, 3.63) is 70.3 Å². The summed E-state index contributed by atoms with van der Waals surface area (Å²) in [5.74, 6) is 1.51. The molecule has 2 aliphatic rings. The van der Waals surface area contributed by atoms with Crippen LogP contribution in [-0.2, 0) is 0 Å². The molecule has 1 N–H and O–H groups in total. The number of benzene rings is 1. The summed E-state index contributed by atoms with van der Waals surface area (Å²) in [6.45, 7) is 2.09. The van der Waals surface area contributed by atoms with Crippen molar-refractivity contribution in [3.8, 4) is 23.4 Å². The Hall–Kier alpha value is -4.52. The Labute approximate surface area is 201 Å². The van der Waals surface area contributed by atoms with Gasteiger partial charge in [-0.1, -0.05) is 0 Å². The highest BCUT2D eigenvalue weighted by Gasteiger charge is 2.29. The first kappa shape index (κ1) is 22.3. The largest absolute Gasteiger partial charge is 0.490 e. The fourth-order valence-electron chi connectivity index (χ4n) is 4.30. The lowest BCUT2D eigenvalue weighted by Gasteiger charge is -2.31. The summed E-state index contributed by atoms with van der Waals surface area (Å²) in [5, 5.41) is 9.44. The van der Waals surface area contributed by atoms with Gasteiger partial charge in [0.25, 0.3) is 5.91 Å². The molecule has 0 spiro atoms. The van der Waals surface area contributed by atoms with E-state index in [1.54, 1.807) is 17.2 Å². The number of hydrogen-bond acceptors (Lipinski definition) is 8. The number of H-pyrrole nitrogens is 1. The molecule has 1 saturated heterocycles. The van der Waals surface area contributed by atoms with Gasteiger partial charge in [-0.2, -0.15) is 5.26 Å². The number of pyridine rings is 2. The molecule has 10 nitrogen and oxygen atoms in total. The van der Waals surface area contributed by atoms with E-state index in [1.165, 1.54) is 25.4 Å². The lowest BCUT2D eigenvalue weighted by molar-refractivity contribution is 0.0772. The Morgan fingerprint density at radius 3 is 2.91 bits per heavy atom. The molecule has 1 aromatic carbocycles. The fraction of sp³-hybridized carbons (Fsp3) is 0.280. The second-order valence-electron chi connectivity index (χ2n) is 8.21. The van der Waals surface area contributed by atoms with Gasteiger partial charge >= 0.3 is 0 Å². The summed E-state index contributed by atoms with van der Waals surface area (Å²) >= 11 is 0. The number of ether oxygens (including phenoxy) is 3. The Balaban J connectivity index is 1.32. The van der Waals surface area contributed by atoms with Crippen LogP contribution in [-0.4, -0.2) is 60.2 Å². The lowest BCUT2D eigenvalue weighted by atomic mass is 10.2. The Morgan fingerprint density at radius 1 is 1.26 bits per heavy atom. The zero-order valence-corrected chi connectivity index (χ0v) is 19.1. The van der Waals surface area contributed by atoms with Crippen LogP contribution in [0.4, 0.5) is 11.4 Å². The molecule has 2 aromatic heterocycles. The maximum atomic E-state index is 12.7. The maximum Gasteiger partial charge on any atom is 0.255 e. The third kappa shape index (κ3) is 4.48. The zero-order chi connectivity index (χ0) is 24.4. The number of carbonyl (C=O) groups is 1. The molecule has 1 amide bonds. The molecule has 5 rings (SSSR count). The molecule has 3 aromatic rings. The van der Waals surface area contributed by atoms with Gasteiger partial charge in [-0.3, -0.25) is 9.59 Å². The molecular weight excluding hydrogens is 450 g/mol. The monoisotopic (exact) mass is 473 g/mol. The van der Waals surface area contributed by atoms with Crippen molar-refractivity contribution in [2.75, 3.05) is 38.3 Å². The number of anilines is 2. The topological polar surface area (TPSA) is 121 Å². The number of nitriles is 1. The van der Waals surface area contributed by atoms with Crippen LogP contribution in [0.3, 0.4) is 0 Å². The highest BCUT2D eigenvalue weighted by Crippen LogP contribution is 2.40. The van der Waals surface area contributed by atoms with E-state index in [4.69, 9.17) is 14.2 Å². The molecule has 1 atom stereocenters. The highest BCUT2D eigenvalue weighted by molar-refractivity contribution is 5.94. The number of aromatic amines is 1. The van der Waals surface area contributed by atoms with Gasteiger partial charge in [0.2, 0.25) is 11.4 Å². The first-order valence-corrected chi connectivity index (χ1v) is 11.2. The lowest BCUT2D eigenvalue weighted by Crippen LogP contribution is -2.31. The summed E-state index contributed by atoms with van der Waals surface area (Å²) in [5.41, 5.74) is 2.11. The molecule has 0 radical (unpaired) electrons. The minimum atomic E-state index is -0.246. The van der Waals surface area contributed by atoms with Crippen LogP contribution in [0, 0.1) is 11.3 Å². The van der Waals surface area contributed by atoms with E-state index in [9.17, 15) is 14.9 Å². The summed E-state index contributed by atoms with van der Waals surface area (Å²) in [4.78, 5) is 34.5. The van der Waals surface area contributed by atoms with Crippen molar-refractivity contribution in [2.45, 2.75) is 12.5 Å². The Morgan fingerprint density at radius 2 is 2.14 bits per heavy atom. The molecule has 35 heavy (non-hydrogen) atoms. The average molecular weight is 473 g/mol. The molecule has 0 bridgehead atoms. The summed E-state index contributed by atoms with van der Waals surface area (Å²) in [6.07, 6.45) is 3.63. The van der Waals surface area contributed by atoms with Crippen LogP contribution >= 0.6 is 0 Å². The molecule has 0 saturated carbocycles. The maximum absolute atomic E-state index is 12.7. The van der Waals surface area contributed by atoms with Gasteiger partial charge in [0.05, 0.1) is 43.3 Å². The van der Waals surface area contributed by atoms with E-state index < -0.39 is 0 Å². The van der Waals surface area contributed by atoms with Crippen molar-refractivity contribution < 1.29 is 19.0 Å². The molecule has 1 unspecified atom stereocenters. The first-order valence-electron chi connectivity index (χ1n) is 11.2. The molecule has 4 heterocycles. The molecule has 0 aliphatic carbocycles. The molecule has 1 fully saturated rings. The number of hydrogen-bond donors (Lipinski definition) is 1. The number of nitrogens with zero attached hydrogens (tertiary/aromatic N) is 4. The van der Waals surface area contributed by atoms with Crippen molar-refractivity contribution >= 4 is 17.3 Å². The highest BCUT2D eigenvalue weighted by atomic mass is 16.5. The van der Waals surface area contributed by atoms with Gasteiger partial charge in [-0.15, -0.1) is 0 Å². The van der Waals surface area contributed by atoms with Gasteiger partial charge in [0.1, 0.15) is 35.8 Å². The van der Waals surface area contributed by atoms with Gasteiger partial charge in [0, 0.05) is 31.3 Å². The third-order valence-electron chi connectivity index (χ3n) is 6.02. The van der Waals surface area contributed by atoms with Crippen molar-refractivity contribution in [3.63, 3.8) is 0 Å². The minimum absolute atomic E-state index is 0.141. The van der Waals surface area contributed by atoms with Crippen LogP contribution in [0.15, 0.2) is 53.6 Å². The number of fused-ring (bicyclic) bond motifs is 1. The number of amides is 1. The number of methoxy groups -OCH3 is 1. The number of rotatable bonds is 5. The van der Waals surface area contributed by atoms with Gasteiger partial charge in [0.15, 0.2) is 0 Å². The number of carbonyl (C=O) groups excluding carboxylic acids is 1. The Kier molecular flexibility index (Phi) is 5.97. The molecular formula is C25H23N5O5. The van der Waals surface area contributed by atoms with E-state index in [-0.39, 0.29) is 23.5 Å². The third-order valence-corrected chi connectivity index (χ3v) is 6.02. The second kappa shape index (κ2) is 9.38. The average Bonchev–Trinajstić information content (AvgIpc) is 3.36. The van der Waals surface area contributed by atoms with E-state index >= 15 is 0 Å². The number of nitrogens with one attached hydrogen (secondary N) is 1. The smallest absolute Gasteiger partial charge is 0.255 e. The normalized spacial score (nSPS) is 16.7. The predicted octanol–water partition coefficient (Wildman–Crippen LogP) is 2.47. The van der Waals surface area contributed by atoms with E-state index in [0.29, 0.717) is 55.3 Å². The van der Waals surface area contributed by atoms with E-state index in [2.05, 4.69) is 16.0 Å². The van der Waals surface area contributed by atoms with Gasteiger partial charge in [-0.05, 0) is 24.3 Å². The standard InChI is InChI=1S/C25H23N5O5/c1-33-24-17(12-26)10-18(14-28-24)30-8-9-34-22-4-3-19(11-21(22)30)35-20-6-7-29(15-20)25(32)16-2-5-23(31)27-13-16/h2-5,10-11,13-14,20H,6-9,15H2,1H3,(H,27,31). The fourth-order valence-corrected chi connectivity index (χ4v) is 4.30. The van der Waals surface area contributed by atoms with Crippen molar-refractivity contribution in [1.82, 2.24) is 14.9 Å². The molecule has 10 heteroatoms. The summed E-state index contributed by atoms with van der Waals surface area (Å²) < 4.78 is 17.2. The molecule has 2 aliphatic heterocycles. The van der Waals surface area contributed by atoms with Crippen LogP contribution in [0.2, 0.25) is 0 Å². The van der Waals surface area contributed by atoms with Gasteiger partial charge < -0.3 is 29.0 Å². The number of likely N-dealkylation sites (tertiary alicyclic amines) is 1. The zero-order valence-electron chi connectivity index (χ0n) is 19.1. The quantitative estimate of drug-likeness (QED) is 0.600. The van der Waals surface area contributed by atoms with Crippen LogP contribution in [0.25, 0.3) is 0 Å². The van der Waals surface area contributed by atoms with Crippen LogP contribution < -0.4 is 24.7 Å². The summed E-state index contributed by atoms with van der Waals surface area (Å²) in [6, 6.07) is 12.3.